The molecule has 0 radical (unpaired) electrons. The van der Waals surface area contributed by atoms with Gasteiger partial charge < -0.3 is 4.74 Å². The van der Waals surface area contributed by atoms with Crippen LogP contribution in [0.2, 0.25) is 5.02 Å². The first-order valence-corrected chi connectivity index (χ1v) is 12.1. The molecule has 0 unspecified atom stereocenters. The van der Waals surface area contributed by atoms with Crippen LogP contribution in [0.15, 0.2) is 53.9 Å². The van der Waals surface area contributed by atoms with Crippen LogP contribution in [0.3, 0.4) is 0 Å². The van der Waals surface area contributed by atoms with Crippen molar-refractivity contribution in [2.24, 2.45) is 0 Å². The second-order valence-electron chi connectivity index (χ2n) is 8.50. The second kappa shape index (κ2) is 7.59. The smallest absolute Gasteiger partial charge is 0.118 e. The van der Waals surface area contributed by atoms with Crippen molar-refractivity contribution in [2.45, 2.75) is 26.2 Å². The number of halogens is 1. The number of benzene rings is 2. The van der Waals surface area contributed by atoms with Crippen molar-refractivity contribution < 1.29 is 4.74 Å². The third kappa shape index (κ3) is 3.51. The molecule has 5 aromatic rings. The van der Waals surface area contributed by atoms with E-state index in [2.05, 4.69) is 43.4 Å². The molecular weight excluding hydrogens is 444 g/mol. The van der Waals surface area contributed by atoms with Gasteiger partial charge in [0.15, 0.2) is 0 Å². The molecule has 6 heteroatoms. The standard InChI is InChI=1S/C25H21ClN2OS2/c1-25(2,3)24-19-22(20(27-28-24)15-5-9-16(26)10-6-15)31-21-18(13-30-23(19)21)14-7-11-17(29-4)12-8-14/h5-13H,1-4H3. The van der Waals surface area contributed by atoms with E-state index in [0.717, 1.165) is 22.7 Å². The predicted molar refractivity (Wildman–Crippen MR) is 134 cm³/mol. The van der Waals surface area contributed by atoms with Crippen LogP contribution in [0.1, 0.15) is 26.5 Å². The SMILES string of the molecule is COc1ccc(-c2csc3c2sc2c(-c4ccc(Cl)cc4)nnc(C(C)(C)C)c23)cc1. The molecule has 156 valence electrons. The highest BCUT2D eigenvalue weighted by atomic mass is 35.5. The number of methoxy groups -OCH3 is 1. The van der Waals surface area contributed by atoms with Crippen molar-refractivity contribution in [1.29, 1.82) is 0 Å². The van der Waals surface area contributed by atoms with Crippen LogP contribution < -0.4 is 4.74 Å². The van der Waals surface area contributed by atoms with Gasteiger partial charge in [-0.05, 0) is 29.8 Å². The summed E-state index contributed by atoms with van der Waals surface area (Å²) in [6.07, 6.45) is 0. The van der Waals surface area contributed by atoms with Gasteiger partial charge in [0, 0.05) is 32.3 Å². The third-order valence-electron chi connectivity index (χ3n) is 5.33. The van der Waals surface area contributed by atoms with Crippen LogP contribution in [-0.2, 0) is 5.41 Å². The molecule has 5 rings (SSSR count). The highest BCUT2D eigenvalue weighted by molar-refractivity contribution is 7.33. The Morgan fingerprint density at radius 1 is 0.839 bits per heavy atom. The topological polar surface area (TPSA) is 35.0 Å². The van der Waals surface area contributed by atoms with Gasteiger partial charge in [0.1, 0.15) is 11.4 Å². The van der Waals surface area contributed by atoms with Gasteiger partial charge in [0.2, 0.25) is 0 Å². The molecule has 0 bridgehead atoms. The molecule has 0 aliphatic rings. The Morgan fingerprint density at radius 2 is 1.52 bits per heavy atom. The average molecular weight is 465 g/mol. The molecule has 31 heavy (non-hydrogen) atoms. The average Bonchev–Trinajstić information content (AvgIpc) is 3.33. The lowest BCUT2D eigenvalue weighted by atomic mass is 9.89. The minimum absolute atomic E-state index is 0.109. The van der Waals surface area contributed by atoms with Gasteiger partial charge in [-0.3, -0.25) is 0 Å². The number of rotatable bonds is 3. The van der Waals surface area contributed by atoms with Gasteiger partial charge >= 0.3 is 0 Å². The minimum Gasteiger partial charge on any atom is -0.497 e. The van der Waals surface area contributed by atoms with E-state index in [1.165, 1.54) is 30.6 Å². The molecule has 0 aliphatic carbocycles. The zero-order valence-corrected chi connectivity index (χ0v) is 20.1. The molecule has 3 heterocycles. The quantitative estimate of drug-likeness (QED) is 0.270. The van der Waals surface area contributed by atoms with Gasteiger partial charge in [-0.15, -0.1) is 27.8 Å². The summed E-state index contributed by atoms with van der Waals surface area (Å²) in [7, 11) is 1.69. The Kier molecular flexibility index (Phi) is 5.00. The molecule has 0 saturated carbocycles. The summed E-state index contributed by atoms with van der Waals surface area (Å²) in [6.45, 7) is 6.58. The lowest BCUT2D eigenvalue weighted by Gasteiger charge is -2.18. The van der Waals surface area contributed by atoms with E-state index in [9.17, 15) is 0 Å². The first kappa shape index (κ1) is 20.4. The van der Waals surface area contributed by atoms with Crippen LogP contribution in [-0.4, -0.2) is 17.3 Å². The van der Waals surface area contributed by atoms with E-state index in [4.69, 9.17) is 21.4 Å². The lowest BCUT2D eigenvalue weighted by Crippen LogP contribution is -2.15. The maximum Gasteiger partial charge on any atom is 0.118 e. The van der Waals surface area contributed by atoms with Gasteiger partial charge in [-0.1, -0.05) is 56.6 Å². The number of hydrogen-bond acceptors (Lipinski definition) is 5. The monoisotopic (exact) mass is 464 g/mol. The van der Waals surface area contributed by atoms with Crippen LogP contribution in [0.4, 0.5) is 0 Å². The zero-order valence-electron chi connectivity index (χ0n) is 17.7. The molecule has 0 atom stereocenters. The van der Waals surface area contributed by atoms with Crippen LogP contribution in [0, 0.1) is 0 Å². The number of ether oxygens (including phenoxy) is 1. The third-order valence-corrected chi connectivity index (χ3v) is 7.94. The molecular formula is C25H21ClN2OS2. The fourth-order valence-electron chi connectivity index (χ4n) is 3.75. The van der Waals surface area contributed by atoms with Crippen LogP contribution in [0.5, 0.6) is 5.75 Å². The molecule has 3 aromatic heterocycles. The normalized spacial score (nSPS) is 12.0. The van der Waals surface area contributed by atoms with Crippen molar-refractivity contribution in [3.8, 4) is 28.1 Å². The molecule has 2 aromatic carbocycles. The van der Waals surface area contributed by atoms with Crippen LogP contribution in [0.25, 0.3) is 41.9 Å². The Labute approximate surface area is 194 Å². The van der Waals surface area contributed by atoms with Gasteiger partial charge in [0.25, 0.3) is 0 Å². The molecule has 0 N–H and O–H groups in total. The van der Waals surface area contributed by atoms with E-state index >= 15 is 0 Å². The maximum absolute atomic E-state index is 6.12. The summed E-state index contributed by atoms with van der Waals surface area (Å²) in [4.78, 5) is 0. The number of fused-ring (bicyclic) bond motifs is 3. The molecule has 0 spiro atoms. The van der Waals surface area contributed by atoms with Crippen molar-refractivity contribution in [2.75, 3.05) is 7.11 Å². The Bertz CT molecular complexity index is 1390. The minimum atomic E-state index is -0.109. The first-order valence-electron chi connectivity index (χ1n) is 9.98. The fourth-order valence-corrected chi connectivity index (χ4v) is 6.55. The Morgan fingerprint density at radius 3 is 2.16 bits per heavy atom. The Balaban J connectivity index is 1.81. The van der Waals surface area contributed by atoms with E-state index in [-0.39, 0.29) is 5.41 Å². The van der Waals surface area contributed by atoms with Crippen LogP contribution >= 0.6 is 34.3 Å². The second-order valence-corrected chi connectivity index (χ2v) is 10.8. The highest BCUT2D eigenvalue weighted by Crippen LogP contribution is 2.48. The van der Waals surface area contributed by atoms with E-state index in [1.54, 1.807) is 29.8 Å². The van der Waals surface area contributed by atoms with Crippen molar-refractivity contribution in [3.05, 3.63) is 64.6 Å². The molecule has 0 amide bonds. The fraction of sp³-hybridized carbons (Fsp3) is 0.200. The summed E-state index contributed by atoms with van der Waals surface area (Å²) in [6, 6.07) is 16.1. The number of thiophene rings is 2. The van der Waals surface area contributed by atoms with Gasteiger partial charge in [-0.25, -0.2) is 0 Å². The maximum atomic E-state index is 6.12. The van der Waals surface area contributed by atoms with Crippen molar-refractivity contribution in [3.63, 3.8) is 0 Å². The van der Waals surface area contributed by atoms with Crippen molar-refractivity contribution >= 4 is 53.8 Å². The number of hydrogen-bond donors (Lipinski definition) is 0. The predicted octanol–water partition coefficient (Wildman–Crippen LogP) is 8.20. The van der Waals surface area contributed by atoms with E-state index in [1.807, 2.05) is 36.4 Å². The number of nitrogens with zero attached hydrogens (tertiary/aromatic N) is 2. The molecule has 0 aliphatic heterocycles. The van der Waals surface area contributed by atoms with E-state index in [0.29, 0.717) is 5.02 Å². The number of aromatic nitrogens is 2. The molecule has 0 fully saturated rings. The summed E-state index contributed by atoms with van der Waals surface area (Å²) < 4.78 is 9.06. The zero-order chi connectivity index (χ0) is 21.8. The van der Waals surface area contributed by atoms with E-state index < -0.39 is 0 Å². The summed E-state index contributed by atoms with van der Waals surface area (Å²) in [5.41, 5.74) is 5.29. The first-order chi connectivity index (χ1) is 14.9. The Hall–Kier alpha value is -2.47. The summed E-state index contributed by atoms with van der Waals surface area (Å²) in [5.74, 6) is 0.861. The van der Waals surface area contributed by atoms with Gasteiger partial charge in [0.05, 0.1) is 26.9 Å². The molecule has 3 nitrogen and oxygen atoms in total. The largest absolute Gasteiger partial charge is 0.497 e. The lowest BCUT2D eigenvalue weighted by molar-refractivity contribution is 0.415. The highest BCUT2D eigenvalue weighted by Gasteiger charge is 2.26. The molecule has 0 saturated heterocycles. The summed E-state index contributed by atoms with van der Waals surface area (Å²) >= 11 is 9.70. The van der Waals surface area contributed by atoms with Crippen molar-refractivity contribution in [1.82, 2.24) is 10.2 Å². The van der Waals surface area contributed by atoms with Gasteiger partial charge in [-0.2, -0.15) is 5.10 Å². The summed E-state index contributed by atoms with van der Waals surface area (Å²) in [5, 5.41) is 13.6.